The third kappa shape index (κ3) is 13.7. The van der Waals surface area contributed by atoms with Gasteiger partial charge in [0.2, 0.25) is 0 Å². The quantitative estimate of drug-likeness (QED) is 0.0915. The van der Waals surface area contributed by atoms with Gasteiger partial charge < -0.3 is 26.5 Å². The summed E-state index contributed by atoms with van der Waals surface area (Å²) in [5.74, 6) is 4.16. The van der Waals surface area contributed by atoms with Crippen molar-refractivity contribution in [3.8, 4) is 23.0 Å². The van der Waals surface area contributed by atoms with E-state index in [0.29, 0.717) is 0 Å². The summed E-state index contributed by atoms with van der Waals surface area (Å²) in [6.45, 7) is 6.09. The fourth-order valence-corrected chi connectivity index (χ4v) is 5.88. The predicted molar refractivity (Wildman–Crippen MR) is 179 cm³/mol. The number of hydrogen-bond acceptors (Lipinski definition) is 7. The van der Waals surface area contributed by atoms with Gasteiger partial charge in [-0.1, -0.05) is 103 Å². The molecule has 0 bridgehead atoms. The highest BCUT2D eigenvalue weighted by molar-refractivity contribution is 7.79. The highest BCUT2D eigenvalue weighted by Gasteiger charge is 2.25. The van der Waals surface area contributed by atoms with Crippen LogP contribution in [0.25, 0.3) is 0 Å². The maximum Gasteiger partial charge on any atom is 0.394 e. The molecule has 0 amide bonds. The first-order chi connectivity index (χ1) is 20.3. The van der Waals surface area contributed by atoms with Gasteiger partial charge in [0.1, 0.15) is 23.0 Å². The van der Waals surface area contributed by atoms with Crippen molar-refractivity contribution in [3.63, 3.8) is 0 Å². The average Bonchev–Trinajstić information content (AvgIpc) is 3.63. The minimum Gasteiger partial charge on any atom is -0.493 e. The highest BCUT2D eigenvalue weighted by Crippen LogP contribution is 2.44. The number of hydrogen-bond donors (Lipinski definition) is 4. The minimum atomic E-state index is -4.67. The normalized spacial score (nSPS) is 12.9. The van der Waals surface area contributed by atoms with Gasteiger partial charge in [-0.05, 0) is 48.9 Å². The topological polar surface area (TPSA) is 172 Å². The van der Waals surface area contributed by atoms with Crippen molar-refractivity contribution in [2.75, 3.05) is 13.2 Å². The second-order valence-corrected chi connectivity index (χ2v) is 12.4. The zero-order chi connectivity index (χ0) is 30.2. The summed E-state index contributed by atoms with van der Waals surface area (Å²) < 4.78 is 50.5. The Balaban J connectivity index is 0.00000128. The van der Waals surface area contributed by atoms with E-state index in [2.05, 4.69) is 38.1 Å². The van der Waals surface area contributed by atoms with E-state index in [-0.39, 0.29) is 12.3 Å². The second kappa shape index (κ2) is 21.4. The summed E-state index contributed by atoms with van der Waals surface area (Å²) in [6, 6.07) is 8.85. The Morgan fingerprint density at radius 1 is 0.614 bits per heavy atom. The molecule has 2 aromatic rings. The molecule has 0 aromatic heterocycles. The molecule has 0 saturated carbocycles. The molecule has 4 rings (SSSR count). The Labute approximate surface area is 266 Å². The molecule has 252 valence electrons. The largest absolute Gasteiger partial charge is 0.493 e. The number of fused-ring (bicyclic) bond motifs is 2. The maximum absolute atomic E-state index is 8.74. The Kier molecular flexibility index (Phi) is 19.3. The van der Waals surface area contributed by atoms with Crippen molar-refractivity contribution >= 4 is 10.4 Å². The Morgan fingerprint density at radius 2 is 0.955 bits per heavy atom. The lowest BCUT2D eigenvalue weighted by Gasteiger charge is -2.19. The van der Waals surface area contributed by atoms with Crippen LogP contribution in [0.4, 0.5) is 0 Å². The summed E-state index contributed by atoms with van der Waals surface area (Å²) >= 11 is 0. The lowest BCUT2D eigenvalue weighted by Crippen LogP contribution is -2.01. The van der Waals surface area contributed by atoms with E-state index in [4.69, 9.17) is 31.7 Å². The van der Waals surface area contributed by atoms with Crippen LogP contribution in [0.3, 0.4) is 0 Å². The van der Waals surface area contributed by atoms with Crippen LogP contribution in [0.5, 0.6) is 23.0 Å². The van der Waals surface area contributed by atoms with Gasteiger partial charge in [-0.3, -0.25) is 9.11 Å². The van der Waals surface area contributed by atoms with Crippen molar-refractivity contribution in [1.29, 1.82) is 0 Å². The predicted octanol–water partition coefficient (Wildman–Crippen LogP) is 9.61. The van der Waals surface area contributed by atoms with E-state index in [1.165, 1.54) is 112 Å². The van der Waals surface area contributed by atoms with Crippen LogP contribution in [-0.2, 0) is 36.1 Å². The van der Waals surface area contributed by atoms with Crippen LogP contribution < -0.4 is 26.5 Å². The van der Waals surface area contributed by atoms with Crippen molar-refractivity contribution in [1.82, 2.24) is 12.3 Å². The third-order valence-electron chi connectivity index (χ3n) is 8.12. The molecular weight excluding hydrogens is 580 g/mol. The van der Waals surface area contributed by atoms with E-state index < -0.39 is 10.4 Å². The monoisotopic (exact) mass is 638 g/mol. The standard InChI is InChI=1S/C34H50O3.2H3N.H2O4S/c1-3-5-7-9-11-13-15-17-27-19-21-31-29(23-25-35-31)33(27)37-34-28(18-16-14-12-10-8-6-4-2)20-22-32-30(34)24-26-36-32;;;1-5(2,3)4/h19-22H,3-18,23-26H2,1-2H3;2*1H3;(H2,1,2,3,4). The second-order valence-electron chi connectivity index (χ2n) is 11.6. The Morgan fingerprint density at radius 3 is 1.32 bits per heavy atom. The molecule has 9 nitrogen and oxygen atoms in total. The first-order valence-electron chi connectivity index (χ1n) is 16.2. The molecule has 2 aromatic carbocycles. The highest BCUT2D eigenvalue weighted by atomic mass is 32.3. The number of rotatable bonds is 18. The molecule has 0 radical (unpaired) electrons. The number of unbranched alkanes of at least 4 members (excludes halogenated alkanes) is 12. The van der Waals surface area contributed by atoms with Crippen molar-refractivity contribution in [3.05, 3.63) is 46.5 Å². The van der Waals surface area contributed by atoms with Crippen LogP contribution in [0.1, 0.15) is 126 Å². The van der Waals surface area contributed by atoms with E-state index in [9.17, 15) is 0 Å². The van der Waals surface area contributed by atoms with Gasteiger partial charge in [0, 0.05) is 24.0 Å². The fourth-order valence-electron chi connectivity index (χ4n) is 5.88. The fraction of sp³-hybridized carbons (Fsp3) is 0.647. The maximum atomic E-state index is 8.74. The molecule has 0 aliphatic carbocycles. The zero-order valence-corrected chi connectivity index (χ0v) is 28.0. The van der Waals surface area contributed by atoms with Crippen LogP contribution in [-0.4, -0.2) is 30.7 Å². The first kappa shape index (κ1) is 39.7. The van der Waals surface area contributed by atoms with E-state index in [1.54, 1.807) is 0 Å². The van der Waals surface area contributed by atoms with Crippen LogP contribution in [0.2, 0.25) is 0 Å². The van der Waals surface area contributed by atoms with Gasteiger partial charge in [0.25, 0.3) is 0 Å². The molecule has 8 N–H and O–H groups in total. The van der Waals surface area contributed by atoms with E-state index >= 15 is 0 Å². The zero-order valence-electron chi connectivity index (χ0n) is 27.2. The SMILES string of the molecule is CCCCCCCCCc1ccc2c(c1Oc1c(CCCCCCCCC)ccc3c1CCO3)CCO2.N.N.O=S(=O)(O)O. The van der Waals surface area contributed by atoms with Gasteiger partial charge >= 0.3 is 10.4 Å². The molecular formula is C34H58N2O7S. The molecule has 0 spiro atoms. The minimum absolute atomic E-state index is 0. The first-order valence-corrected chi connectivity index (χ1v) is 17.6. The van der Waals surface area contributed by atoms with Gasteiger partial charge in [0.05, 0.1) is 13.2 Å². The lowest BCUT2D eigenvalue weighted by atomic mass is 9.98. The van der Waals surface area contributed by atoms with Gasteiger partial charge in [0.15, 0.2) is 0 Å². The molecule has 2 heterocycles. The smallest absolute Gasteiger partial charge is 0.394 e. The molecule has 44 heavy (non-hydrogen) atoms. The van der Waals surface area contributed by atoms with Gasteiger partial charge in [-0.15, -0.1) is 0 Å². The Bertz CT molecular complexity index is 1120. The van der Waals surface area contributed by atoms with Crippen LogP contribution >= 0.6 is 0 Å². The van der Waals surface area contributed by atoms with Crippen molar-refractivity contribution in [2.24, 2.45) is 0 Å². The molecule has 10 heteroatoms. The van der Waals surface area contributed by atoms with Crippen LogP contribution in [0, 0.1) is 0 Å². The van der Waals surface area contributed by atoms with Crippen molar-refractivity contribution in [2.45, 2.75) is 129 Å². The Hall–Kier alpha value is -2.37. The number of ether oxygens (including phenoxy) is 3. The van der Waals surface area contributed by atoms with E-state index in [1.807, 2.05) is 0 Å². The summed E-state index contributed by atoms with van der Waals surface area (Å²) in [4.78, 5) is 0. The molecule has 0 atom stereocenters. The summed E-state index contributed by atoms with van der Waals surface area (Å²) in [5, 5.41) is 0. The molecule has 0 unspecified atom stereocenters. The van der Waals surface area contributed by atoms with Gasteiger partial charge in [-0.25, -0.2) is 0 Å². The molecule has 2 aliphatic heterocycles. The molecule has 2 aliphatic rings. The number of benzene rings is 2. The van der Waals surface area contributed by atoms with Crippen LogP contribution in [0.15, 0.2) is 24.3 Å². The molecule has 0 saturated heterocycles. The lowest BCUT2D eigenvalue weighted by molar-refractivity contribution is 0.356. The van der Waals surface area contributed by atoms with E-state index in [0.717, 1.165) is 61.9 Å². The van der Waals surface area contributed by atoms with Gasteiger partial charge in [-0.2, -0.15) is 8.42 Å². The summed E-state index contributed by atoms with van der Waals surface area (Å²) in [7, 11) is -4.67. The average molecular weight is 639 g/mol. The van der Waals surface area contributed by atoms with Crippen molar-refractivity contribution < 1.29 is 31.7 Å². The summed E-state index contributed by atoms with van der Waals surface area (Å²) in [6.07, 6.45) is 22.6. The molecule has 0 fully saturated rings. The third-order valence-corrected chi connectivity index (χ3v) is 8.12. The number of aryl methyl sites for hydroxylation is 2. The summed E-state index contributed by atoms with van der Waals surface area (Å²) in [5.41, 5.74) is 5.21.